The normalized spacial score (nSPS) is 16.6. The van der Waals surface area contributed by atoms with Gasteiger partial charge in [0.05, 0.1) is 7.11 Å². The largest absolute Gasteiger partial charge is 0.496 e. The molecule has 4 heteroatoms. The van der Waals surface area contributed by atoms with Crippen LogP contribution in [0.2, 0.25) is 0 Å². The van der Waals surface area contributed by atoms with Gasteiger partial charge in [-0.3, -0.25) is 0 Å². The van der Waals surface area contributed by atoms with Crippen molar-refractivity contribution >= 4 is 0 Å². The van der Waals surface area contributed by atoms with Crippen molar-refractivity contribution in [2.24, 2.45) is 0 Å². The zero-order valence-electron chi connectivity index (χ0n) is 12.7. The van der Waals surface area contributed by atoms with E-state index >= 15 is 0 Å². The molecule has 112 valence electrons. The van der Waals surface area contributed by atoms with Gasteiger partial charge in [-0.1, -0.05) is 13.8 Å². The highest BCUT2D eigenvalue weighted by Gasteiger charge is 2.16. The number of nitrogens with one attached hydrogen (secondary N) is 1. The van der Waals surface area contributed by atoms with Crippen LogP contribution in [0.1, 0.15) is 30.9 Å². The maximum absolute atomic E-state index is 14.2. The highest BCUT2D eigenvalue weighted by molar-refractivity contribution is 5.40. The minimum atomic E-state index is -0.144. The van der Waals surface area contributed by atoms with Gasteiger partial charge < -0.3 is 15.0 Å². The second-order valence-electron chi connectivity index (χ2n) is 5.69. The molecule has 1 aromatic rings. The predicted octanol–water partition coefficient (Wildman–Crippen LogP) is 2.41. The van der Waals surface area contributed by atoms with Crippen molar-refractivity contribution in [2.45, 2.75) is 26.2 Å². The Kier molecular flexibility index (Phi) is 5.38. The van der Waals surface area contributed by atoms with Gasteiger partial charge in [-0.2, -0.15) is 0 Å². The number of rotatable bonds is 5. The van der Waals surface area contributed by atoms with Gasteiger partial charge in [0.15, 0.2) is 0 Å². The Hall–Kier alpha value is -1.13. The van der Waals surface area contributed by atoms with Crippen molar-refractivity contribution < 1.29 is 9.13 Å². The second kappa shape index (κ2) is 7.04. The van der Waals surface area contributed by atoms with Gasteiger partial charge in [-0.25, -0.2) is 4.39 Å². The molecule has 0 aliphatic carbocycles. The molecular weight excluding hydrogens is 255 g/mol. The number of hydrogen-bond donors (Lipinski definition) is 1. The van der Waals surface area contributed by atoms with Crippen molar-refractivity contribution in [3.05, 3.63) is 29.1 Å². The zero-order valence-corrected chi connectivity index (χ0v) is 12.7. The van der Waals surface area contributed by atoms with Crippen LogP contribution >= 0.6 is 0 Å². The number of benzene rings is 1. The van der Waals surface area contributed by atoms with Crippen LogP contribution in [0.25, 0.3) is 0 Å². The van der Waals surface area contributed by atoms with E-state index < -0.39 is 0 Å². The van der Waals surface area contributed by atoms with Gasteiger partial charge in [-0.05, 0) is 30.0 Å². The van der Waals surface area contributed by atoms with Gasteiger partial charge in [0.2, 0.25) is 0 Å². The lowest BCUT2D eigenvalue weighted by atomic mass is 9.98. The van der Waals surface area contributed by atoms with E-state index in [1.54, 1.807) is 13.2 Å². The average molecular weight is 280 g/mol. The van der Waals surface area contributed by atoms with Crippen molar-refractivity contribution in [1.82, 2.24) is 10.2 Å². The minimum absolute atomic E-state index is 0.132. The fourth-order valence-corrected chi connectivity index (χ4v) is 2.74. The van der Waals surface area contributed by atoms with Gasteiger partial charge >= 0.3 is 0 Å². The van der Waals surface area contributed by atoms with E-state index in [9.17, 15) is 4.39 Å². The summed E-state index contributed by atoms with van der Waals surface area (Å²) in [4.78, 5) is 2.41. The second-order valence-corrected chi connectivity index (χ2v) is 5.69. The molecule has 0 amide bonds. The third-order valence-corrected chi connectivity index (χ3v) is 3.87. The molecule has 1 saturated heterocycles. The lowest BCUT2D eigenvalue weighted by Gasteiger charge is -2.27. The molecule has 3 nitrogen and oxygen atoms in total. The lowest BCUT2D eigenvalue weighted by Crippen LogP contribution is -2.44. The SMILES string of the molecule is COc1cc(CCN2CCNCC2)cc(F)c1C(C)C. The van der Waals surface area contributed by atoms with E-state index in [1.165, 1.54) is 0 Å². The first-order chi connectivity index (χ1) is 9.61. The summed E-state index contributed by atoms with van der Waals surface area (Å²) < 4.78 is 19.6. The van der Waals surface area contributed by atoms with Gasteiger partial charge in [-0.15, -0.1) is 0 Å². The minimum Gasteiger partial charge on any atom is -0.496 e. The molecule has 1 heterocycles. The zero-order chi connectivity index (χ0) is 14.5. The number of methoxy groups -OCH3 is 1. The maximum Gasteiger partial charge on any atom is 0.130 e. The summed E-state index contributed by atoms with van der Waals surface area (Å²) in [6.45, 7) is 9.19. The molecule has 1 aromatic carbocycles. The average Bonchev–Trinajstić information content (AvgIpc) is 2.45. The molecule has 1 aliphatic heterocycles. The van der Waals surface area contributed by atoms with Crippen molar-refractivity contribution in [3.8, 4) is 5.75 Å². The van der Waals surface area contributed by atoms with E-state index in [0.717, 1.165) is 44.7 Å². The molecule has 0 aromatic heterocycles. The van der Waals surface area contributed by atoms with Crippen molar-refractivity contribution in [3.63, 3.8) is 0 Å². The van der Waals surface area contributed by atoms with Crippen LogP contribution in [-0.4, -0.2) is 44.7 Å². The third kappa shape index (κ3) is 3.70. The van der Waals surface area contributed by atoms with Gasteiger partial charge in [0.25, 0.3) is 0 Å². The Labute approximate surface area is 121 Å². The number of nitrogens with zero attached hydrogens (tertiary/aromatic N) is 1. The first-order valence-corrected chi connectivity index (χ1v) is 7.41. The molecule has 0 atom stereocenters. The lowest BCUT2D eigenvalue weighted by molar-refractivity contribution is 0.243. The molecule has 0 unspecified atom stereocenters. The Morgan fingerprint density at radius 1 is 1.30 bits per heavy atom. The van der Waals surface area contributed by atoms with E-state index in [2.05, 4.69) is 10.2 Å². The Bertz CT molecular complexity index is 442. The van der Waals surface area contributed by atoms with E-state index in [-0.39, 0.29) is 11.7 Å². The standard InChI is InChI=1S/C16H25FN2O/c1-12(2)16-14(17)10-13(11-15(16)20-3)4-7-19-8-5-18-6-9-19/h10-12,18H,4-9H2,1-3H3. The maximum atomic E-state index is 14.2. The smallest absolute Gasteiger partial charge is 0.130 e. The summed E-state index contributed by atoms with van der Waals surface area (Å²) >= 11 is 0. The van der Waals surface area contributed by atoms with Crippen LogP contribution in [0.15, 0.2) is 12.1 Å². The first-order valence-electron chi connectivity index (χ1n) is 7.41. The summed E-state index contributed by atoms with van der Waals surface area (Å²) in [5, 5.41) is 3.34. The molecule has 0 spiro atoms. The summed E-state index contributed by atoms with van der Waals surface area (Å²) in [6, 6.07) is 3.65. The molecule has 1 aliphatic rings. The van der Waals surface area contributed by atoms with Crippen LogP contribution in [-0.2, 0) is 6.42 Å². The van der Waals surface area contributed by atoms with E-state index in [1.807, 2.05) is 19.9 Å². The highest BCUT2D eigenvalue weighted by atomic mass is 19.1. The van der Waals surface area contributed by atoms with E-state index in [4.69, 9.17) is 4.74 Å². The van der Waals surface area contributed by atoms with Crippen LogP contribution < -0.4 is 10.1 Å². The van der Waals surface area contributed by atoms with Crippen LogP contribution in [0, 0.1) is 5.82 Å². The highest BCUT2D eigenvalue weighted by Crippen LogP contribution is 2.30. The number of piperazine rings is 1. The monoisotopic (exact) mass is 280 g/mol. The van der Waals surface area contributed by atoms with E-state index in [0.29, 0.717) is 11.3 Å². The molecule has 0 bridgehead atoms. The summed E-state index contributed by atoms with van der Waals surface area (Å²) in [5.74, 6) is 0.664. The Morgan fingerprint density at radius 3 is 2.60 bits per heavy atom. The third-order valence-electron chi connectivity index (χ3n) is 3.87. The number of hydrogen-bond acceptors (Lipinski definition) is 3. The molecule has 20 heavy (non-hydrogen) atoms. The molecular formula is C16H25FN2O. The fourth-order valence-electron chi connectivity index (χ4n) is 2.74. The quantitative estimate of drug-likeness (QED) is 0.896. The topological polar surface area (TPSA) is 24.5 Å². The first kappa shape index (κ1) is 15.3. The predicted molar refractivity (Wildman–Crippen MR) is 80.1 cm³/mol. The molecule has 0 radical (unpaired) electrons. The van der Waals surface area contributed by atoms with Crippen molar-refractivity contribution in [2.75, 3.05) is 39.8 Å². The Morgan fingerprint density at radius 2 is 2.00 bits per heavy atom. The van der Waals surface area contributed by atoms with Crippen molar-refractivity contribution in [1.29, 1.82) is 0 Å². The molecule has 1 fully saturated rings. The summed E-state index contributed by atoms with van der Waals surface area (Å²) in [7, 11) is 1.61. The van der Waals surface area contributed by atoms with Gasteiger partial charge in [0.1, 0.15) is 11.6 Å². The fraction of sp³-hybridized carbons (Fsp3) is 0.625. The van der Waals surface area contributed by atoms with Gasteiger partial charge in [0, 0.05) is 38.3 Å². The molecule has 0 saturated carbocycles. The number of halogens is 1. The van der Waals surface area contributed by atoms with Crippen LogP contribution in [0.4, 0.5) is 4.39 Å². The summed E-state index contributed by atoms with van der Waals surface area (Å²) in [5.41, 5.74) is 1.70. The molecule has 1 N–H and O–H groups in total. The molecule has 2 rings (SSSR count). The van der Waals surface area contributed by atoms with Crippen LogP contribution in [0.5, 0.6) is 5.75 Å². The number of ether oxygens (including phenoxy) is 1. The van der Waals surface area contributed by atoms with Crippen LogP contribution in [0.3, 0.4) is 0 Å². The summed E-state index contributed by atoms with van der Waals surface area (Å²) in [6.07, 6.45) is 0.867. The Balaban J connectivity index is 2.06.